The van der Waals surface area contributed by atoms with Gasteiger partial charge in [-0.15, -0.1) is 16.8 Å². The Kier molecular flexibility index (Phi) is 6.06. The van der Waals surface area contributed by atoms with Gasteiger partial charge < -0.3 is 15.0 Å². The first-order valence-corrected chi connectivity index (χ1v) is 8.23. The first-order chi connectivity index (χ1) is 9.76. The topological polar surface area (TPSA) is 63.0 Å². The van der Waals surface area contributed by atoms with E-state index in [4.69, 9.17) is 5.11 Å². The normalized spacial score (nSPS) is 18.1. The van der Waals surface area contributed by atoms with Gasteiger partial charge in [0, 0.05) is 24.8 Å². The number of piperidine rings is 1. The van der Waals surface area contributed by atoms with E-state index in [0.29, 0.717) is 5.92 Å². The zero-order valence-electron chi connectivity index (χ0n) is 12.1. The number of hydrogen-bond donors (Lipinski definition) is 2. The van der Waals surface area contributed by atoms with E-state index < -0.39 is 0 Å². The number of rotatable bonds is 7. The molecule has 1 atom stereocenters. The van der Waals surface area contributed by atoms with Gasteiger partial charge in [0.05, 0.1) is 0 Å². The van der Waals surface area contributed by atoms with Crippen molar-refractivity contribution in [2.45, 2.75) is 37.4 Å². The van der Waals surface area contributed by atoms with Gasteiger partial charge in [-0.1, -0.05) is 24.8 Å². The molecule has 1 aliphatic heterocycles. The summed E-state index contributed by atoms with van der Waals surface area (Å²) in [5.74, 6) is 2.72. The van der Waals surface area contributed by atoms with E-state index in [9.17, 15) is 0 Å². The monoisotopic (exact) mass is 296 g/mol. The number of aliphatic hydroxyl groups is 1. The Hall–Kier alpha value is -0.850. The molecule has 0 aliphatic carbocycles. The van der Waals surface area contributed by atoms with Gasteiger partial charge in [-0.3, -0.25) is 0 Å². The van der Waals surface area contributed by atoms with Crippen LogP contribution in [0.25, 0.3) is 0 Å². The van der Waals surface area contributed by atoms with Crippen LogP contribution in [0.15, 0.2) is 17.8 Å². The Balaban J connectivity index is 2.11. The van der Waals surface area contributed by atoms with Crippen LogP contribution in [0.2, 0.25) is 0 Å². The van der Waals surface area contributed by atoms with Gasteiger partial charge in [0.2, 0.25) is 0 Å². The summed E-state index contributed by atoms with van der Waals surface area (Å²) in [6.07, 6.45) is 4.13. The predicted octanol–water partition coefficient (Wildman–Crippen LogP) is 1.65. The van der Waals surface area contributed by atoms with E-state index in [1.807, 2.05) is 13.0 Å². The van der Waals surface area contributed by atoms with E-state index in [-0.39, 0.29) is 12.5 Å². The molecule has 1 saturated heterocycles. The third-order valence-corrected chi connectivity index (χ3v) is 4.87. The minimum atomic E-state index is 0.212. The molecular formula is C14H24N4OS. The third kappa shape index (κ3) is 3.84. The second-order valence-corrected chi connectivity index (χ2v) is 6.35. The van der Waals surface area contributed by atoms with Crippen LogP contribution in [0, 0.1) is 5.92 Å². The van der Waals surface area contributed by atoms with Gasteiger partial charge in [-0.2, -0.15) is 0 Å². The molecule has 0 unspecified atom stereocenters. The molecule has 5 nitrogen and oxygen atoms in total. The van der Waals surface area contributed by atoms with Crippen molar-refractivity contribution in [2.75, 3.05) is 25.4 Å². The van der Waals surface area contributed by atoms with Crippen LogP contribution < -0.4 is 5.32 Å². The Morgan fingerprint density at radius 3 is 2.90 bits per heavy atom. The summed E-state index contributed by atoms with van der Waals surface area (Å²) in [5, 5.41) is 22.2. The van der Waals surface area contributed by atoms with Crippen LogP contribution in [-0.4, -0.2) is 45.3 Å². The average Bonchev–Trinajstić information content (AvgIpc) is 2.89. The predicted molar refractivity (Wildman–Crippen MR) is 82.0 cm³/mol. The molecule has 2 heterocycles. The number of aromatic nitrogens is 3. The lowest BCUT2D eigenvalue weighted by Gasteiger charge is -2.22. The molecule has 112 valence electrons. The van der Waals surface area contributed by atoms with E-state index in [1.54, 1.807) is 11.8 Å². The fraction of sp³-hybridized carbons (Fsp3) is 0.714. The smallest absolute Gasteiger partial charge is 0.191 e. The molecule has 0 saturated carbocycles. The van der Waals surface area contributed by atoms with Crippen molar-refractivity contribution in [3.05, 3.63) is 18.5 Å². The fourth-order valence-corrected chi connectivity index (χ4v) is 3.32. The Labute approximate surface area is 124 Å². The summed E-state index contributed by atoms with van der Waals surface area (Å²) in [4.78, 5) is 0. The minimum Gasteiger partial charge on any atom is -0.396 e. The number of thioether (sulfide) groups is 1. The van der Waals surface area contributed by atoms with Crippen molar-refractivity contribution < 1.29 is 5.11 Å². The molecule has 0 bridgehead atoms. The van der Waals surface area contributed by atoms with Gasteiger partial charge in [0.25, 0.3) is 0 Å². The van der Waals surface area contributed by atoms with Gasteiger partial charge in [-0.05, 0) is 31.8 Å². The summed E-state index contributed by atoms with van der Waals surface area (Å²) < 4.78 is 2.18. The molecule has 2 N–H and O–H groups in total. The van der Waals surface area contributed by atoms with Crippen LogP contribution in [0.3, 0.4) is 0 Å². The van der Waals surface area contributed by atoms with E-state index in [2.05, 4.69) is 26.7 Å². The highest BCUT2D eigenvalue weighted by molar-refractivity contribution is 7.99. The van der Waals surface area contributed by atoms with Gasteiger partial charge in [-0.25, -0.2) is 0 Å². The Bertz CT molecular complexity index is 429. The highest BCUT2D eigenvalue weighted by Crippen LogP contribution is 2.28. The van der Waals surface area contributed by atoms with Crippen molar-refractivity contribution in [2.24, 2.45) is 5.92 Å². The highest BCUT2D eigenvalue weighted by Gasteiger charge is 2.23. The number of nitrogens with zero attached hydrogens (tertiary/aromatic N) is 3. The SMILES string of the molecule is C=CCn1c(SC[C@H](C)CO)nnc1C1CCNCC1. The average molecular weight is 296 g/mol. The molecule has 1 fully saturated rings. The molecule has 1 aromatic rings. The number of aliphatic hydroxyl groups excluding tert-OH is 1. The fourth-order valence-electron chi connectivity index (χ4n) is 2.36. The van der Waals surface area contributed by atoms with Crippen LogP contribution in [0.1, 0.15) is 31.5 Å². The maximum atomic E-state index is 9.12. The molecule has 0 amide bonds. The number of nitrogens with one attached hydrogen (secondary N) is 1. The lowest BCUT2D eigenvalue weighted by atomic mass is 9.97. The van der Waals surface area contributed by atoms with Crippen molar-refractivity contribution in [1.29, 1.82) is 0 Å². The van der Waals surface area contributed by atoms with Crippen LogP contribution >= 0.6 is 11.8 Å². The zero-order chi connectivity index (χ0) is 14.4. The van der Waals surface area contributed by atoms with E-state index in [0.717, 1.165) is 49.2 Å². The summed E-state index contributed by atoms with van der Waals surface area (Å²) >= 11 is 1.67. The lowest BCUT2D eigenvalue weighted by molar-refractivity contribution is 0.250. The van der Waals surface area contributed by atoms with Crippen LogP contribution in [0.5, 0.6) is 0 Å². The van der Waals surface area contributed by atoms with Gasteiger partial charge in [0.1, 0.15) is 5.82 Å². The first-order valence-electron chi connectivity index (χ1n) is 7.24. The molecule has 1 aromatic heterocycles. The van der Waals surface area contributed by atoms with Crippen molar-refractivity contribution in [3.8, 4) is 0 Å². The maximum absolute atomic E-state index is 9.12. The second kappa shape index (κ2) is 7.81. The van der Waals surface area contributed by atoms with Crippen molar-refractivity contribution >= 4 is 11.8 Å². The van der Waals surface area contributed by atoms with Gasteiger partial charge in [0.15, 0.2) is 5.16 Å². The molecule has 0 radical (unpaired) electrons. The summed E-state index contributed by atoms with van der Waals surface area (Å²) in [6, 6.07) is 0. The molecule has 2 rings (SSSR count). The summed E-state index contributed by atoms with van der Waals surface area (Å²) in [6.45, 7) is 8.94. The Morgan fingerprint density at radius 1 is 1.50 bits per heavy atom. The number of allylic oxidation sites excluding steroid dienone is 1. The van der Waals surface area contributed by atoms with Crippen molar-refractivity contribution in [3.63, 3.8) is 0 Å². The zero-order valence-corrected chi connectivity index (χ0v) is 12.9. The van der Waals surface area contributed by atoms with Crippen LogP contribution in [0.4, 0.5) is 0 Å². The minimum absolute atomic E-state index is 0.212. The van der Waals surface area contributed by atoms with E-state index >= 15 is 0 Å². The van der Waals surface area contributed by atoms with Gasteiger partial charge >= 0.3 is 0 Å². The number of hydrogen-bond acceptors (Lipinski definition) is 5. The molecular weight excluding hydrogens is 272 g/mol. The third-order valence-electron chi connectivity index (χ3n) is 3.57. The highest BCUT2D eigenvalue weighted by atomic mass is 32.2. The quantitative estimate of drug-likeness (QED) is 0.592. The van der Waals surface area contributed by atoms with Crippen molar-refractivity contribution in [1.82, 2.24) is 20.1 Å². The summed E-state index contributed by atoms with van der Waals surface area (Å²) in [7, 11) is 0. The maximum Gasteiger partial charge on any atom is 0.191 e. The molecule has 20 heavy (non-hydrogen) atoms. The molecule has 1 aliphatic rings. The second-order valence-electron chi connectivity index (χ2n) is 5.36. The largest absolute Gasteiger partial charge is 0.396 e. The standard InChI is InChI=1S/C14H24N4OS/c1-3-8-18-13(12-4-6-15-7-5-12)16-17-14(18)20-10-11(2)9-19/h3,11-12,15,19H,1,4-10H2,2H3/t11-/m1/s1. The first kappa shape index (κ1) is 15.5. The molecule has 0 aromatic carbocycles. The molecule has 0 spiro atoms. The molecule has 6 heteroatoms. The van der Waals surface area contributed by atoms with Crippen LogP contribution in [-0.2, 0) is 6.54 Å². The van der Waals surface area contributed by atoms with E-state index in [1.165, 1.54) is 0 Å². The Morgan fingerprint density at radius 2 is 2.25 bits per heavy atom. The lowest BCUT2D eigenvalue weighted by Crippen LogP contribution is -2.28. The summed E-state index contributed by atoms with van der Waals surface area (Å²) in [5.41, 5.74) is 0.